The van der Waals surface area contributed by atoms with Crippen LogP contribution in [-0.2, 0) is 4.79 Å². The lowest BCUT2D eigenvalue weighted by Crippen LogP contribution is -2.34. The summed E-state index contributed by atoms with van der Waals surface area (Å²) in [6.45, 7) is 1.36. The summed E-state index contributed by atoms with van der Waals surface area (Å²) in [7, 11) is 0. The first kappa shape index (κ1) is 18.2. The molecule has 0 bridgehead atoms. The SMILES string of the molecule is CC(=O)Nc1ccccc1-[n+]1cc(=O)n(-c2ccc(OC(F)(F)F)cc2)[nH]1. The molecule has 0 aliphatic rings. The lowest BCUT2D eigenvalue weighted by molar-refractivity contribution is -0.660. The van der Waals surface area contributed by atoms with Crippen LogP contribution in [0.5, 0.6) is 5.75 Å². The number of para-hydroxylation sites is 2. The molecule has 2 N–H and O–H groups in total. The number of rotatable bonds is 4. The van der Waals surface area contributed by atoms with Gasteiger partial charge in [0, 0.05) is 6.92 Å². The second kappa shape index (κ2) is 6.98. The van der Waals surface area contributed by atoms with Crippen LogP contribution >= 0.6 is 0 Å². The molecule has 0 radical (unpaired) electrons. The highest BCUT2D eigenvalue weighted by Crippen LogP contribution is 2.23. The van der Waals surface area contributed by atoms with Gasteiger partial charge in [-0.15, -0.1) is 17.9 Å². The molecule has 0 atom stereocenters. The molecule has 0 aliphatic heterocycles. The summed E-state index contributed by atoms with van der Waals surface area (Å²) in [5.74, 6) is -0.667. The van der Waals surface area contributed by atoms with Gasteiger partial charge in [-0.1, -0.05) is 22.0 Å². The molecule has 0 fully saturated rings. The van der Waals surface area contributed by atoms with Crippen molar-refractivity contribution in [1.82, 2.24) is 9.90 Å². The van der Waals surface area contributed by atoms with Crippen LogP contribution in [0, 0.1) is 0 Å². The predicted octanol–water partition coefficient (Wildman–Crippen LogP) is 2.30. The van der Waals surface area contributed by atoms with Crippen LogP contribution in [0.1, 0.15) is 6.92 Å². The second-order valence-corrected chi connectivity index (χ2v) is 5.51. The van der Waals surface area contributed by atoms with E-state index < -0.39 is 17.7 Å². The third-order valence-corrected chi connectivity index (χ3v) is 3.47. The number of halogens is 3. The van der Waals surface area contributed by atoms with Crippen molar-refractivity contribution >= 4 is 11.6 Å². The van der Waals surface area contributed by atoms with E-state index in [1.54, 1.807) is 24.3 Å². The summed E-state index contributed by atoms with van der Waals surface area (Å²) < 4.78 is 43.0. The van der Waals surface area contributed by atoms with E-state index in [2.05, 4.69) is 15.3 Å². The topological polar surface area (TPSA) is 80.0 Å². The highest BCUT2D eigenvalue weighted by atomic mass is 19.4. The normalized spacial score (nSPS) is 11.3. The van der Waals surface area contributed by atoms with Crippen molar-refractivity contribution in [2.24, 2.45) is 0 Å². The molecule has 27 heavy (non-hydrogen) atoms. The Morgan fingerprint density at radius 2 is 1.81 bits per heavy atom. The van der Waals surface area contributed by atoms with E-state index in [0.717, 1.165) is 16.8 Å². The van der Waals surface area contributed by atoms with Crippen molar-refractivity contribution in [3.63, 3.8) is 0 Å². The number of alkyl halides is 3. The van der Waals surface area contributed by atoms with Gasteiger partial charge in [-0.25, -0.2) is 4.79 Å². The molecule has 10 heteroatoms. The second-order valence-electron chi connectivity index (χ2n) is 5.51. The molecule has 0 unspecified atom stereocenters. The molecule has 3 aromatic rings. The number of aromatic nitrogens is 3. The Bertz CT molecular complexity index is 1020. The maximum atomic E-state index is 12.3. The number of carbonyl (C=O) groups excluding carboxylic acids is 1. The zero-order chi connectivity index (χ0) is 19.6. The highest BCUT2D eigenvalue weighted by molar-refractivity contribution is 5.90. The first-order valence-corrected chi connectivity index (χ1v) is 7.70. The van der Waals surface area contributed by atoms with Gasteiger partial charge in [-0.3, -0.25) is 4.79 Å². The van der Waals surface area contributed by atoms with Gasteiger partial charge < -0.3 is 10.1 Å². The molecule has 3 rings (SSSR count). The van der Waals surface area contributed by atoms with E-state index in [9.17, 15) is 22.8 Å². The van der Waals surface area contributed by atoms with Crippen molar-refractivity contribution in [1.29, 1.82) is 0 Å². The highest BCUT2D eigenvalue weighted by Gasteiger charge is 2.31. The standard InChI is InChI=1S/C17H13F3N4O3/c1-11(25)21-14-4-2-3-5-15(14)23-10-16(26)24(22-23)12-6-8-13(9-7-12)27-17(18,19)20/h2-10H,1H3,(H-,21,22,25,26)/p+1. The first-order valence-electron chi connectivity index (χ1n) is 7.70. The van der Waals surface area contributed by atoms with Crippen LogP contribution in [0.3, 0.4) is 0 Å². The van der Waals surface area contributed by atoms with Gasteiger partial charge in [0.1, 0.15) is 5.75 Å². The summed E-state index contributed by atoms with van der Waals surface area (Å²) in [5, 5.41) is 5.46. The largest absolute Gasteiger partial charge is 0.573 e. The van der Waals surface area contributed by atoms with Crippen LogP contribution in [-0.4, -0.2) is 22.2 Å². The monoisotopic (exact) mass is 379 g/mol. The average molecular weight is 379 g/mol. The minimum Gasteiger partial charge on any atom is -0.406 e. The number of carbonyl (C=O) groups is 1. The van der Waals surface area contributed by atoms with Crippen LogP contribution in [0.4, 0.5) is 18.9 Å². The number of benzene rings is 2. The fourth-order valence-corrected chi connectivity index (χ4v) is 2.44. The number of H-pyrrole nitrogens is 1. The quantitative estimate of drug-likeness (QED) is 0.683. The van der Waals surface area contributed by atoms with Gasteiger partial charge >= 0.3 is 11.9 Å². The molecule has 7 nitrogen and oxygen atoms in total. The van der Waals surface area contributed by atoms with Crippen molar-refractivity contribution in [2.75, 3.05) is 5.32 Å². The zero-order valence-corrected chi connectivity index (χ0v) is 13.9. The lowest BCUT2D eigenvalue weighted by atomic mass is 10.2. The average Bonchev–Trinajstić information content (AvgIpc) is 2.96. The molecule has 0 saturated carbocycles. The Morgan fingerprint density at radius 1 is 1.15 bits per heavy atom. The van der Waals surface area contributed by atoms with Gasteiger partial charge in [-0.2, -0.15) is 0 Å². The van der Waals surface area contributed by atoms with E-state index in [0.29, 0.717) is 17.1 Å². The van der Waals surface area contributed by atoms with Gasteiger partial charge in [0.15, 0.2) is 11.4 Å². The number of hydrogen-bond donors (Lipinski definition) is 2. The molecule has 140 valence electrons. The minimum atomic E-state index is -4.79. The van der Waals surface area contributed by atoms with Gasteiger partial charge in [0.25, 0.3) is 0 Å². The molecule has 0 saturated heterocycles. The van der Waals surface area contributed by atoms with Gasteiger partial charge in [0.05, 0.1) is 5.69 Å². The van der Waals surface area contributed by atoms with Crippen molar-refractivity contribution < 1.29 is 27.4 Å². The molecule has 1 aromatic heterocycles. The van der Waals surface area contributed by atoms with Crippen LogP contribution in [0.15, 0.2) is 59.5 Å². The van der Waals surface area contributed by atoms with E-state index >= 15 is 0 Å². The predicted molar refractivity (Wildman–Crippen MR) is 88.9 cm³/mol. The van der Waals surface area contributed by atoms with E-state index in [4.69, 9.17) is 0 Å². The van der Waals surface area contributed by atoms with E-state index in [1.165, 1.54) is 29.9 Å². The van der Waals surface area contributed by atoms with Crippen molar-refractivity contribution in [3.8, 4) is 17.1 Å². The Balaban J connectivity index is 1.94. The molecule has 1 heterocycles. The Hall–Kier alpha value is -3.56. The summed E-state index contributed by atoms with van der Waals surface area (Å²) in [6.07, 6.45) is -3.54. The number of nitrogens with one attached hydrogen (secondary N) is 2. The molecule has 2 aromatic carbocycles. The third-order valence-electron chi connectivity index (χ3n) is 3.47. The number of ether oxygens (including phenoxy) is 1. The lowest BCUT2D eigenvalue weighted by Gasteiger charge is -2.08. The Kier molecular flexibility index (Phi) is 4.72. The molecule has 0 aliphatic carbocycles. The van der Waals surface area contributed by atoms with E-state index in [1.807, 2.05) is 0 Å². The maximum absolute atomic E-state index is 12.3. The number of amides is 1. The van der Waals surface area contributed by atoms with E-state index in [-0.39, 0.29) is 5.91 Å². The number of anilines is 1. The van der Waals surface area contributed by atoms with Crippen molar-refractivity contribution in [2.45, 2.75) is 13.3 Å². The summed E-state index contributed by atoms with van der Waals surface area (Å²) in [5.41, 5.74) is 0.861. The fourth-order valence-electron chi connectivity index (χ4n) is 2.44. The minimum absolute atomic E-state index is 0.273. The number of nitrogens with zero attached hydrogens (tertiary/aromatic N) is 2. The van der Waals surface area contributed by atoms with Gasteiger partial charge in [0.2, 0.25) is 12.1 Å². The van der Waals surface area contributed by atoms with Crippen molar-refractivity contribution in [3.05, 3.63) is 65.1 Å². The molecule has 1 amide bonds. The third kappa shape index (κ3) is 4.35. The zero-order valence-electron chi connectivity index (χ0n) is 13.9. The maximum Gasteiger partial charge on any atom is 0.573 e. The number of hydrogen-bond acceptors (Lipinski definition) is 3. The smallest absolute Gasteiger partial charge is 0.406 e. The Labute approximate surface area is 150 Å². The fraction of sp³-hybridized carbons (Fsp3) is 0.118. The van der Waals surface area contributed by atoms with Crippen LogP contribution < -0.4 is 20.3 Å². The molecular weight excluding hydrogens is 365 g/mol. The molecule has 0 spiro atoms. The summed E-state index contributed by atoms with van der Waals surface area (Å²) in [4.78, 5) is 23.6. The van der Waals surface area contributed by atoms with Crippen LogP contribution in [0.2, 0.25) is 0 Å². The first-order chi connectivity index (χ1) is 12.7. The van der Waals surface area contributed by atoms with Crippen LogP contribution in [0.25, 0.3) is 11.4 Å². The Morgan fingerprint density at radius 3 is 2.44 bits per heavy atom. The molecular formula is C17H14F3N4O3+. The number of aromatic amines is 1. The summed E-state index contributed by atoms with van der Waals surface area (Å²) in [6, 6.07) is 11.6. The van der Waals surface area contributed by atoms with Gasteiger partial charge in [-0.05, 0) is 36.4 Å². The summed E-state index contributed by atoms with van der Waals surface area (Å²) >= 11 is 0.